The van der Waals surface area contributed by atoms with E-state index in [1.807, 2.05) is 0 Å². The maximum atomic E-state index is 13.2. The van der Waals surface area contributed by atoms with Crippen LogP contribution >= 0.6 is 24.0 Å². The molecule has 24 heavy (non-hydrogen) atoms. The van der Waals surface area contributed by atoms with Gasteiger partial charge in [-0.1, -0.05) is 17.7 Å². The highest BCUT2D eigenvalue weighted by Gasteiger charge is 2.41. The number of benzene rings is 1. The van der Waals surface area contributed by atoms with Crippen molar-refractivity contribution in [1.82, 2.24) is 4.31 Å². The molecule has 1 saturated heterocycles. The fraction of sp³-hybridized carbons (Fsp3) is 0.571. The van der Waals surface area contributed by atoms with Crippen molar-refractivity contribution in [3.05, 3.63) is 28.8 Å². The second-order valence-corrected chi connectivity index (χ2v) is 8.02. The van der Waals surface area contributed by atoms with E-state index in [4.69, 9.17) is 17.3 Å². The quantitative estimate of drug-likeness (QED) is 0.834. The van der Waals surface area contributed by atoms with Gasteiger partial charge in [0.2, 0.25) is 10.0 Å². The number of piperidine rings is 1. The molecule has 1 aromatic rings. The molecule has 2 N–H and O–H groups in total. The second kappa shape index (κ2) is 7.78. The molecule has 10 heteroatoms. The summed E-state index contributed by atoms with van der Waals surface area (Å²) in [6.07, 6.45) is -3.50. The normalized spacial score (nSPS) is 21.2. The van der Waals surface area contributed by atoms with Gasteiger partial charge in [0.15, 0.2) is 0 Å². The maximum absolute atomic E-state index is 13.2. The zero-order valence-corrected chi connectivity index (χ0v) is 15.3. The van der Waals surface area contributed by atoms with Crippen LogP contribution in [0.4, 0.5) is 13.2 Å². The average Bonchev–Trinajstić information content (AvgIpc) is 2.46. The molecule has 2 unspecified atom stereocenters. The van der Waals surface area contributed by atoms with Crippen LogP contribution in [-0.4, -0.2) is 31.9 Å². The summed E-state index contributed by atoms with van der Waals surface area (Å²) in [5.41, 5.74) is 4.57. The zero-order valence-electron chi connectivity index (χ0n) is 12.9. The van der Waals surface area contributed by atoms with Crippen molar-refractivity contribution in [3.63, 3.8) is 0 Å². The summed E-state index contributed by atoms with van der Waals surface area (Å²) >= 11 is 5.81. The van der Waals surface area contributed by atoms with Crippen molar-refractivity contribution < 1.29 is 21.6 Å². The summed E-state index contributed by atoms with van der Waals surface area (Å²) in [7, 11) is -4.35. The van der Waals surface area contributed by atoms with Gasteiger partial charge in [0.05, 0.1) is 10.6 Å². The Hall–Kier alpha value is -0.540. The third-order valence-electron chi connectivity index (χ3n) is 4.03. The number of hydrogen-bond donors (Lipinski definition) is 1. The van der Waals surface area contributed by atoms with Crippen molar-refractivity contribution in [2.24, 2.45) is 11.7 Å². The monoisotopic (exact) mass is 406 g/mol. The first kappa shape index (κ1) is 21.5. The number of hydrogen-bond acceptors (Lipinski definition) is 3. The number of nitrogens with zero attached hydrogens (tertiary/aromatic N) is 1. The summed E-state index contributed by atoms with van der Waals surface area (Å²) in [5, 5.41) is -0.428. The Morgan fingerprint density at radius 2 is 2.00 bits per heavy atom. The average molecular weight is 407 g/mol. The van der Waals surface area contributed by atoms with E-state index in [0.29, 0.717) is 6.42 Å². The number of alkyl halides is 3. The van der Waals surface area contributed by atoms with Gasteiger partial charge in [0.1, 0.15) is 4.90 Å². The van der Waals surface area contributed by atoms with Crippen LogP contribution in [0.2, 0.25) is 5.02 Å². The standard InChI is InChI=1S/C14H18ClF3N2O2S.ClH/c1-9(19)10-4-3-7-20(8-10)23(21,22)13-11(14(16,17)18)5-2-6-12(13)15;/h2,5-6,9-10H,3-4,7-8,19H2,1H3;1H. The second-order valence-electron chi connectivity index (χ2n) is 5.74. The predicted octanol–water partition coefficient (Wildman–Crippen LogP) is 3.53. The van der Waals surface area contributed by atoms with E-state index >= 15 is 0 Å². The Kier molecular flexibility index (Phi) is 6.97. The van der Waals surface area contributed by atoms with Crippen molar-refractivity contribution in [2.45, 2.75) is 36.9 Å². The van der Waals surface area contributed by atoms with Gasteiger partial charge >= 0.3 is 6.18 Å². The number of sulfonamides is 1. The van der Waals surface area contributed by atoms with Crippen LogP contribution in [0.1, 0.15) is 25.3 Å². The predicted molar refractivity (Wildman–Crippen MR) is 88.8 cm³/mol. The molecule has 0 amide bonds. The van der Waals surface area contributed by atoms with Crippen LogP contribution in [0.5, 0.6) is 0 Å². The lowest BCUT2D eigenvalue weighted by molar-refractivity contribution is -0.139. The van der Waals surface area contributed by atoms with Crippen molar-refractivity contribution in [2.75, 3.05) is 13.1 Å². The van der Waals surface area contributed by atoms with Gasteiger partial charge < -0.3 is 5.73 Å². The largest absolute Gasteiger partial charge is 0.417 e. The van der Waals surface area contributed by atoms with Crippen LogP contribution in [0.3, 0.4) is 0 Å². The lowest BCUT2D eigenvalue weighted by Crippen LogP contribution is -2.45. The van der Waals surface area contributed by atoms with E-state index in [1.165, 1.54) is 0 Å². The topological polar surface area (TPSA) is 63.4 Å². The van der Waals surface area contributed by atoms with Crippen LogP contribution in [0.25, 0.3) is 0 Å². The molecule has 1 aliphatic heterocycles. The molecule has 0 saturated carbocycles. The molecule has 2 rings (SSSR count). The molecule has 1 fully saturated rings. The molecule has 4 nitrogen and oxygen atoms in total. The van der Waals surface area contributed by atoms with E-state index in [-0.39, 0.29) is 37.5 Å². The fourth-order valence-corrected chi connectivity index (χ4v) is 5.00. The minimum Gasteiger partial charge on any atom is -0.328 e. The lowest BCUT2D eigenvalue weighted by atomic mass is 9.93. The molecule has 0 radical (unpaired) electrons. The Bertz CT molecular complexity index is 681. The highest BCUT2D eigenvalue weighted by molar-refractivity contribution is 7.89. The van der Waals surface area contributed by atoms with Crippen LogP contribution in [0, 0.1) is 5.92 Å². The number of rotatable bonds is 3. The summed E-state index contributed by atoms with van der Waals surface area (Å²) in [6.45, 7) is 2.02. The SMILES string of the molecule is CC(N)C1CCCN(S(=O)(=O)c2c(Cl)cccc2C(F)(F)F)C1.Cl. The molecule has 1 aromatic carbocycles. The first-order valence-electron chi connectivity index (χ1n) is 7.16. The smallest absolute Gasteiger partial charge is 0.328 e. The Morgan fingerprint density at radius 1 is 1.38 bits per heavy atom. The Balaban J connectivity index is 0.00000288. The van der Waals surface area contributed by atoms with Gasteiger partial charge in [0, 0.05) is 19.1 Å². The first-order chi connectivity index (χ1) is 10.5. The third kappa shape index (κ3) is 4.35. The van der Waals surface area contributed by atoms with E-state index in [0.717, 1.165) is 28.9 Å². The molecular formula is C14H19Cl2F3N2O2S. The molecule has 0 aromatic heterocycles. The molecule has 138 valence electrons. The molecule has 1 heterocycles. The molecule has 0 aliphatic carbocycles. The van der Waals surface area contributed by atoms with Crippen molar-refractivity contribution in [1.29, 1.82) is 0 Å². The van der Waals surface area contributed by atoms with Gasteiger partial charge in [-0.25, -0.2) is 8.42 Å². The minimum atomic E-state index is -4.80. The van der Waals surface area contributed by atoms with Gasteiger partial charge in [-0.15, -0.1) is 12.4 Å². The van der Waals surface area contributed by atoms with Gasteiger partial charge in [-0.3, -0.25) is 0 Å². The van der Waals surface area contributed by atoms with E-state index < -0.39 is 31.7 Å². The van der Waals surface area contributed by atoms with Crippen molar-refractivity contribution in [3.8, 4) is 0 Å². The molecule has 0 spiro atoms. The fourth-order valence-electron chi connectivity index (χ4n) is 2.74. The molecule has 2 atom stereocenters. The van der Waals surface area contributed by atoms with Crippen molar-refractivity contribution >= 4 is 34.0 Å². The zero-order chi connectivity index (χ0) is 17.4. The maximum Gasteiger partial charge on any atom is 0.417 e. The first-order valence-corrected chi connectivity index (χ1v) is 8.98. The third-order valence-corrected chi connectivity index (χ3v) is 6.43. The minimum absolute atomic E-state index is 0. The number of nitrogens with two attached hydrogens (primary N) is 1. The van der Waals surface area contributed by atoms with Gasteiger partial charge in [0.25, 0.3) is 0 Å². The van der Waals surface area contributed by atoms with Crippen LogP contribution in [0.15, 0.2) is 23.1 Å². The summed E-state index contributed by atoms with van der Waals surface area (Å²) in [4.78, 5) is -0.875. The van der Waals surface area contributed by atoms with E-state index in [9.17, 15) is 21.6 Å². The lowest BCUT2D eigenvalue weighted by Gasteiger charge is -2.34. The summed E-state index contributed by atoms with van der Waals surface area (Å²) in [5.74, 6) is -0.0876. The highest BCUT2D eigenvalue weighted by Crippen LogP contribution is 2.39. The summed E-state index contributed by atoms with van der Waals surface area (Å²) < 4.78 is 66.1. The summed E-state index contributed by atoms with van der Waals surface area (Å²) in [6, 6.07) is 2.73. The van der Waals surface area contributed by atoms with Crippen LogP contribution < -0.4 is 5.73 Å². The van der Waals surface area contributed by atoms with E-state index in [2.05, 4.69) is 0 Å². The van der Waals surface area contributed by atoms with E-state index in [1.54, 1.807) is 6.92 Å². The van der Waals surface area contributed by atoms with Gasteiger partial charge in [-0.05, 0) is 37.8 Å². The highest BCUT2D eigenvalue weighted by atomic mass is 35.5. The van der Waals surface area contributed by atoms with Crippen LogP contribution in [-0.2, 0) is 16.2 Å². The number of halogens is 5. The Morgan fingerprint density at radius 3 is 2.54 bits per heavy atom. The molecular weight excluding hydrogens is 388 g/mol. The van der Waals surface area contributed by atoms with Gasteiger partial charge in [-0.2, -0.15) is 17.5 Å². The molecule has 1 aliphatic rings. The molecule has 0 bridgehead atoms. The Labute approximate surface area is 150 Å².